The molecule has 6 nitrogen and oxygen atoms in total. The molecule has 2 heterocycles. The fourth-order valence-electron chi connectivity index (χ4n) is 4.17. The van der Waals surface area contributed by atoms with Crippen molar-refractivity contribution in [2.75, 3.05) is 25.0 Å². The van der Waals surface area contributed by atoms with Crippen LogP contribution in [-0.2, 0) is 11.3 Å². The Morgan fingerprint density at radius 1 is 1.12 bits per heavy atom. The van der Waals surface area contributed by atoms with Crippen molar-refractivity contribution in [1.29, 1.82) is 0 Å². The predicted molar refractivity (Wildman–Crippen MR) is 130 cm³/mol. The zero-order valence-electron chi connectivity index (χ0n) is 19.2. The third-order valence-corrected chi connectivity index (χ3v) is 6.12. The van der Waals surface area contributed by atoms with E-state index in [4.69, 9.17) is 21.3 Å². The highest BCUT2D eigenvalue weighted by atomic mass is 35.5. The Hall–Kier alpha value is -2.73. The average molecular weight is 455 g/mol. The number of amides is 1. The van der Waals surface area contributed by atoms with Crippen LogP contribution in [-0.4, -0.2) is 52.3 Å². The van der Waals surface area contributed by atoms with Gasteiger partial charge in [0.25, 0.3) is 0 Å². The van der Waals surface area contributed by atoms with E-state index >= 15 is 0 Å². The number of fused-ring (bicyclic) bond motifs is 1. The number of carbonyl (C=O) groups is 1. The lowest BCUT2D eigenvalue weighted by Crippen LogP contribution is -2.47. The van der Waals surface area contributed by atoms with Gasteiger partial charge in [-0.1, -0.05) is 35.9 Å². The number of imidazole rings is 1. The van der Waals surface area contributed by atoms with Crippen molar-refractivity contribution in [3.63, 3.8) is 0 Å². The minimum Gasteiger partial charge on any atom is -0.444 e. The number of nitrogens with zero attached hydrogens (tertiary/aromatic N) is 4. The Kier molecular flexibility index (Phi) is 6.33. The van der Waals surface area contributed by atoms with Gasteiger partial charge in [0.2, 0.25) is 5.95 Å². The first kappa shape index (κ1) is 22.5. The fourth-order valence-corrected chi connectivity index (χ4v) is 4.29. The zero-order chi connectivity index (χ0) is 22.9. The number of rotatable bonds is 4. The summed E-state index contributed by atoms with van der Waals surface area (Å²) in [5.41, 5.74) is 2.80. The fraction of sp³-hybridized carbons (Fsp3) is 0.440. The minimum absolute atomic E-state index is 0.162. The number of para-hydroxylation sites is 2. The molecule has 1 aliphatic rings. The molecule has 3 aromatic rings. The van der Waals surface area contributed by atoms with Crippen LogP contribution in [0.1, 0.15) is 39.2 Å². The second-order valence-electron chi connectivity index (χ2n) is 9.42. The number of carbonyl (C=O) groups excluding carboxylic acids is 1. The van der Waals surface area contributed by atoms with E-state index in [2.05, 4.69) is 33.7 Å². The van der Waals surface area contributed by atoms with Gasteiger partial charge >= 0.3 is 6.09 Å². The lowest BCUT2D eigenvalue weighted by Gasteiger charge is -2.37. The van der Waals surface area contributed by atoms with Crippen LogP contribution in [0.25, 0.3) is 11.0 Å². The van der Waals surface area contributed by atoms with Gasteiger partial charge in [0.05, 0.1) is 17.6 Å². The third-order valence-electron chi connectivity index (χ3n) is 5.86. The number of hydrogen-bond acceptors (Lipinski definition) is 4. The van der Waals surface area contributed by atoms with E-state index in [1.165, 1.54) is 5.56 Å². The Labute approximate surface area is 194 Å². The van der Waals surface area contributed by atoms with E-state index in [0.29, 0.717) is 0 Å². The van der Waals surface area contributed by atoms with Crippen molar-refractivity contribution in [2.45, 2.75) is 51.8 Å². The van der Waals surface area contributed by atoms with Gasteiger partial charge in [-0.05, 0) is 63.4 Å². The Morgan fingerprint density at radius 3 is 2.44 bits per heavy atom. The van der Waals surface area contributed by atoms with E-state index in [0.717, 1.165) is 54.5 Å². The molecule has 170 valence electrons. The highest BCUT2D eigenvalue weighted by Crippen LogP contribution is 2.28. The third kappa shape index (κ3) is 5.01. The monoisotopic (exact) mass is 454 g/mol. The van der Waals surface area contributed by atoms with Gasteiger partial charge in [0.15, 0.2) is 0 Å². The molecule has 1 amide bonds. The molecule has 0 spiro atoms. The van der Waals surface area contributed by atoms with Gasteiger partial charge in [-0.25, -0.2) is 9.78 Å². The second-order valence-corrected chi connectivity index (χ2v) is 9.86. The summed E-state index contributed by atoms with van der Waals surface area (Å²) in [5.74, 6) is 0.972. The van der Waals surface area contributed by atoms with Gasteiger partial charge in [-0.15, -0.1) is 0 Å². The molecule has 1 fully saturated rings. The number of hydrogen-bond donors (Lipinski definition) is 0. The van der Waals surface area contributed by atoms with Crippen LogP contribution in [0.4, 0.5) is 10.7 Å². The number of halogens is 1. The van der Waals surface area contributed by atoms with Crippen molar-refractivity contribution in [1.82, 2.24) is 14.5 Å². The van der Waals surface area contributed by atoms with E-state index in [9.17, 15) is 4.79 Å². The SMILES string of the molecule is CN(C(=O)OC(C)(C)C)C1CCN(c2nc3ccccc3n2Cc2ccc(Cl)cc2)CC1. The highest BCUT2D eigenvalue weighted by Gasteiger charge is 2.30. The van der Waals surface area contributed by atoms with Crippen molar-refractivity contribution in [3.05, 3.63) is 59.1 Å². The summed E-state index contributed by atoms with van der Waals surface area (Å²) in [6.07, 6.45) is 1.49. The molecule has 1 saturated heterocycles. The summed E-state index contributed by atoms with van der Waals surface area (Å²) in [6.45, 7) is 8.08. The largest absolute Gasteiger partial charge is 0.444 e. The van der Waals surface area contributed by atoms with Crippen LogP contribution in [0.3, 0.4) is 0 Å². The normalized spacial score (nSPS) is 15.2. The Morgan fingerprint density at radius 2 is 1.78 bits per heavy atom. The molecule has 32 heavy (non-hydrogen) atoms. The first-order chi connectivity index (χ1) is 15.2. The molecule has 4 rings (SSSR count). The standard InChI is InChI=1S/C25H31ClN4O2/c1-25(2,3)32-24(31)28(4)20-13-15-29(16-14-20)23-27-21-7-5-6-8-22(21)30(23)17-18-9-11-19(26)12-10-18/h5-12,20H,13-17H2,1-4H3. The molecule has 1 aliphatic heterocycles. The smallest absolute Gasteiger partial charge is 0.410 e. The maximum absolute atomic E-state index is 12.5. The number of piperidine rings is 1. The molecular formula is C25H31ClN4O2. The quantitative estimate of drug-likeness (QED) is 0.516. The maximum atomic E-state index is 12.5. The molecule has 1 aromatic heterocycles. The minimum atomic E-state index is -0.488. The Balaban J connectivity index is 1.52. The van der Waals surface area contributed by atoms with Crippen LogP contribution in [0.15, 0.2) is 48.5 Å². The van der Waals surface area contributed by atoms with Gasteiger partial charge in [0, 0.05) is 31.2 Å². The molecular weight excluding hydrogens is 424 g/mol. The van der Waals surface area contributed by atoms with Crippen LogP contribution in [0.2, 0.25) is 5.02 Å². The van der Waals surface area contributed by atoms with Gasteiger partial charge in [-0.2, -0.15) is 0 Å². The number of anilines is 1. The van der Waals surface area contributed by atoms with E-state index in [1.807, 2.05) is 52.1 Å². The topological polar surface area (TPSA) is 50.6 Å². The molecule has 7 heteroatoms. The van der Waals surface area contributed by atoms with E-state index < -0.39 is 5.60 Å². The number of benzene rings is 2. The van der Waals surface area contributed by atoms with Crippen LogP contribution in [0, 0.1) is 0 Å². The first-order valence-electron chi connectivity index (χ1n) is 11.1. The summed E-state index contributed by atoms with van der Waals surface area (Å²) in [4.78, 5) is 21.5. The molecule has 0 unspecified atom stereocenters. The van der Waals surface area contributed by atoms with Crippen LogP contribution >= 0.6 is 11.6 Å². The molecule has 0 radical (unpaired) electrons. The molecule has 0 atom stereocenters. The number of aromatic nitrogens is 2. The second kappa shape index (κ2) is 9.02. The summed E-state index contributed by atoms with van der Waals surface area (Å²) in [7, 11) is 1.84. The lowest BCUT2D eigenvalue weighted by atomic mass is 10.0. The predicted octanol–water partition coefficient (Wildman–Crippen LogP) is 5.57. The van der Waals surface area contributed by atoms with Gasteiger partial charge in [-0.3, -0.25) is 0 Å². The lowest BCUT2D eigenvalue weighted by molar-refractivity contribution is 0.0200. The Bertz CT molecular complexity index is 1080. The molecule has 0 saturated carbocycles. The summed E-state index contributed by atoms with van der Waals surface area (Å²) >= 11 is 6.07. The van der Waals surface area contributed by atoms with Crippen LogP contribution in [0.5, 0.6) is 0 Å². The molecule has 0 N–H and O–H groups in total. The van der Waals surface area contributed by atoms with Gasteiger partial charge < -0.3 is 19.1 Å². The van der Waals surface area contributed by atoms with E-state index in [1.54, 1.807) is 4.90 Å². The summed E-state index contributed by atoms with van der Waals surface area (Å²) in [6, 6.07) is 16.4. The van der Waals surface area contributed by atoms with Gasteiger partial charge in [0.1, 0.15) is 5.60 Å². The van der Waals surface area contributed by atoms with Crippen molar-refractivity contribution in [3.8, 4) is 0 Å². The van der Waals surface area contributed by atoms with Crippen molar-refractivity contribution < 1.29 is 9.53 Å². The van der Waals surface area contributed by atoms with Crippen molar-refractivity contribution in [2.24, 2.45) is 0 Å². The van der Waals surface area contributed by atoms with Crippen LogP contribution < -0.4 is 4.90 Å². The van der Waals surface area contributed by atoms with E-state index in [-0.39, 0.29) is 12.1 Å². The molecule has 0 bridgehead atoms. The molecule has 0 aliphatic carbocycles. The zero-order valence-corrected chi connectivity index (χ0v) is 20.0. The van der Waals surface area contributed by atoms with Crippen molar-refractivity contribution >= 4 is 34.7 Å². The highest BCUT2D eigenvalue weighted by molar-refractivity contribution is 6.30. The first-order valence-corrected chi connectivity index (χ1v) is 11.5. The molecule has 2 aromatic carbocycles. The number of ether oxygens (including phenoxy) is 1. The average Bonchev–Trinajstić information content (AvgIpc) is 3.12. The summed E-state index contributed by atoms with van der Waals surface area (Å²) in [5, 5.41) is 0.737. The maximum Gasteiger partial charge on any atom is 0.410 e. The summed E-state index contributed by atoms with van der Waals surface area (Å²) < 4.78 is 7.82.